The average Bonchev–Trinajstić information content (AvgIpc) is 3.45. The molecule has 0 spiro atoms. The SMILES string of the molecule is Cc1cc(/C=C(/C#N)c2ccc3c(c2)OCO3)c(C)n1-c1ccc(-c2ccc([N+](=O)[O-])cc2)cc1. The van der Waals surface area contributed by atoms with Gasteiger partial charge >= 0.3 is 0 Å². The van der Waals surface area contributed by atoms with Gasteiger partial charge in [-0.25, -0.2) is 0 Å². The van der Waals surface area contributed by atoms with Crippen molar-refractivity contribution in [1.82, 2.24) is 4.57 Å². The third-order valence-electron chi connectivity index (χ3n) is 6.11. The molecule has 0 radical (unpaired) electrons. The lowest BCUT2D eigenvalue weighted by molar-refractivity contribution is -0.384. The number of nitrogens with zero attached hydrogens (tertiary/aromatic N) is 3. The van der Waals surface area contributed by atoms with E-state index < -0.39 is 4.92 Å². The van der Waals surface area contributed by atoms with Gasteiger partial charge in [-0.2, -0.15) is 5.26 Å². The Bertz CT molecular complexity index is 1510. The topological polar surface area (TPSA) is 90.3 Å². The first-order chi connectivity index (χ1) is 16.9. The summed E-state index contributed by atoms with van der Waals surface area (Å²) in [6.45, 7) is 4.24. The minimum atomic E-state index is -0.402. The Morgan fingerprint density at radius 3 is 2.29 bits per heavy atom. The van der Waals surface area contributed by atoms with E-state index in [0.717, 1.165) is 39.3 Å². The number of nitro benzene ring substituents is 1. The van der Waals surface area contributed by atoms with Crippen LogP contribution in [-0.2, 0) is 0 Å². The van der Waals surface area contributed by atoms with Crippen LogP contribution in [0, 0.1) is 35.3 Å². The number of fused-ring (bicyclic) bond motifs is 1. The van der Waals surface area contributed by atoms with Crippen LogP contribution in [0.25, 0.3) is 28.5 Å². The van der Waals surface area contributed by atoms with E-state index in [1.54, 1.807) is 12.1 Å². The van der Waals surface area contributed by atoms with Crippen LogP contribution >= 0.6 is 0 Å². The maximum atomic E-state index is 10.9. The molecule has 0 unspecified atom stereocenters. The maximum absolute atomic E-state index is 10.9. The molecule has 172 valence electrons. The molecule has 1 aliphatic rings. The highest BCUT2D eigenvalue weighted by Crippen LogP contribution is 2.35. The first kappa shape index (κ1) is 22.0. The Hall–Kier alpha value is -4.83. The fraction of sp³-hybridized carbons (Fsp3) is 0.107. The second kappa shape index (κ2) is 8.84. The second-order valence-electron chi connectivity index (χ2n) is 8.25. The normalized spacial score (nSPS) is 12.4. The van der Waals surface area contributed by atoms with Crippen molar-refractivity contribution in [3.63, 3.8) is 0 Å². The van der Waals surface area contributed by atoms with Crippen molar-refractivity contribution in [2.24, 2.45) is 0 Å². The molecule has 0 N–H and O–H groups in total. The summed E-state index contributed by atoms with van der Waals surface area (Å²) in [6.07, 6.45) is 1.89. The molecular formula is C28H21N3O4. The van der Waals surface area contributed by atoms with Crippen molar-refractivity contribution in [2.45, 2.75) is 13.8 Å². The predicted octanol–water partition coefficient (Wildman–Crippen LogP) is 6.46. The summed E-state index contributed by atoms with van der Waals surface area (Å²) in [5.41, 5.74) is 7.27. The van der Waals surface area contributed by atoms with E-state index in [2.05, 4.69) is 16.7 Å². The predicted molar refractivity (Wildman–Crippen MR) is 133 cm³/mol. The Kier molecular flexibility index (Phi) is 5.55. The van der Waals surface area contributed by atoms with E-state index in [4.69, 9.17) is 9.47 Å². The van der Waals surface area contributed by atoms with Gasteiger partial charge in [-0.15, -0.1) is 0 Å². The van der Waals surface area contributed by atoms with Crippen LogP contribution in [0.1, 0.15) is 22.5 Å². The number of nitriles is 1. The molecule has 0 saturated heterocycles. The molecule has 7 nitrogen and oxygen atoms in total. The highest BCUT2D eigenvalue weighted by atomic mass is 16.7. The monoisotopic (exact) mass is 463 g/mol. The molecule has 3 aromatic carbocycles. The highest BCUT2D eigenvalue weighted by Gasteiger charge is 2.16. The minimum absolute atomic E-state index is 0.0713. The zero-order valence-electron chi connectivity index (χ0n) is 19.2. The highest BCUT2D eigenvalue weighted by molar-refractivity contribution is 5.90. The molecular weight excluding hydrogens is 442 g/mol. The molecule has 4 aromatic rings. The molecule has 1 aliphatic heterocycles. The molecule has 0 fully saturated rings. The number of rotatable bonds is 5. The molecule has 0 bridgehead atoms. The lowest BCUT2D eigenvalue weighted by atomic mass is 10.0. The van der Waals surface area contributed by atoms with Gasteiger partial charge in [0.1, 0.15) is 0 Å². The van der Waals surface area contributed by atoms with E-state index in [1.165, 1.54) is 12.1 Å². The van der Waals surface area contributed by atoms with Gasteiger partial charge in [0, 0.05) is 29.2 Å². The summed E-state index contributed by atoms with van der Waals surface area (Å²) in [6, 6.07) is 24.4. The Morgan fingerprint density at radius 1 is 0.971 bits per heavy atom. The number of non-ortho nitro benzene ring substituents is 1. The van der Waals surface area contributed by atoms with Gasteiger partial charge in [-0.05, 0) is 90.7 Å². The van der Waals surface area contributed by atoms with Crippen LogP contribution in [0.3, 0.4) is 0 Å². The molecule has 5 rings (SSSR count). The summed E-state index contributed by atoms with van der Waals surface area (Å²) in [5, 5.41) is 20.7. The van der Waals surface area contributed by atoms with E-state index in [0.29, 0.717) is 17.1 Å². The fourth-order valence-electron chi connectivity index (χ4n) is 4.31. The number of hydrogen-bond acceptors (Lipinski definition) is 5. The Morgan fingerprint density at radius 2 is 1.63 bits per heavy atom. The Labute approximate surface area is 202 Å². The standard InChI is InChI=1S/C28H21N3O4/c1-18-13-23(14-24(16-29)22-7-12-27-28(15-22)35-17-34-27)19(2)30(18)25-8-3-20(4-9-25)21-5-10-26(11-6-21)31(32)33/h3-15H,17H2,1-2H3/b24-14-. The summed E-state index contributed by atoms with van der Waals surface area (Å²) < 4.78 is 13.0. The van der Waals surface area contributed by atoms with Crippen molar-refractivity contribution in [3.05, 3.63) is 105 Å². The van der Waals surface area contributed by atoms with Crippen molar-refractivity contribution in [3.8, 4) is 34.4 Å². The lowest BCUT2D eigenvalue weighted by Gasteiger charge is -2.11. The summed E-state index contributed by atoms with van der Waals surface area (Å²) in [4.78, 5) is 10.5. The largest absolute Gasteiger partial charge is 0.454 e. The van der Waals surface area contributed by atoms with E-state index in [9.17, 15) is 15.4 Å². The van der Waals surface area contributed by atoms with Crippen molar-refractivity contribution < 1.29 is 14.4 Å². The summed E-state index contributed by atoms with van der Waals surface area (Å²) in [7, 11) is 0. The first-order valence-electron chi connectivity index (χ1n) is 11.0. The van der Waals surface area contributed by atoms with Crippen molar-refractivity contribution in [2.75, 3.05) is 6.79 Å². The van der Waals surface area contributed by atoms with E-state index in [-0.39, 0.29) is 12.5 Å². The molecule has 0 aliphatic carbocycles. The number of aromatic nitrogens is 1. The van der Waals surface area contributed by atoms with Gasteiger partial charge in [-0.1, -0.05) is 12.1 Å². The smallest absolute Gasteiger partial charge is 0.269 e. The van der Waals surface area contributed by atoms with Crippen LogP contribution in [0.4, 0.5) is 5.69 Å². The van der Waals surface area contributed by atoms with Gasteiger partial charge in [0.15, 0.2) is 11.5 Å². The van der Waals surface area contributed by atoms with Crippen molar-refractivity contribution >= 4 is 17.3 Å². The van der Waals surface area contributed by atoms with E-state index in [1.807, 2.05) is 62.4 Å². The van der Waals surface area contributed by atoms with E-state index >= 15 is 0 Å². The van der Waals surface area contributed by atoms with Gasteiger partial charge < -0.3 is 14.0 Å². The molecule has 7 heteroatoms. The number of hydrogen-bond donors (Lipinski definition) is 0. The van der Waals surface area contributed by atoms with Crippen LogP contribution < -0.4 is 9.47 Å². The first-order valence-corrected chi connectivity index (χ1v) is 11.0. The summed E-state index contributed by atoms with van der Waals surface area (Å²) in [5.74, 6) is 1.32. The minimum Gasteiger partial charge on any atom is -0.454 e. The third-order valence-corrected chi connectivity index (χ3v) is 6.11. The van der Waals surface area contributed by atoms with Crippen LogP contribution in [0.5, 0.6) is 11.5 Å². The molecule has 0 atom stereocenters. The number of allylic oxidation sites excluding steroid dienone is 1. The summed E-state index contributed by atoms with van der Waals surface area (Å²) >= 11 is 0. The molecule has 0 saturated carbocycles. The number of nitro groups is 1. The zero-order chi connectivity index (χ0) is 24.5. The second-order valence-corrected chi connectivity index (χ2v) is 8.25. The number of ether oxygens (including phenoxy) is 2. The van der Waals surface area contributed by atoms with Gasteiger partial charge in [-0.3, -0.25) is 10.1 Å². The third kappa shape index (κ3) is 4.13. The fourth-order valence-corrected chi connectivity index (χ4v) is 4.31. The quantitative estimate of drug-likeness (QED) is 0.192. The molecule has 2 heterocycles. The van der Waals surface area contributed by atoms with Gasteiger partial charge in [0.2, 0.25) is 6.79 Å². The van der Waals surface area contributed by atoms with Crippen LogP contribution in [-0.4, -0.2) is 16.3 Å². The van der Waals surface area contributed by atoms with Crippen LogP contribution in [0.2, 0.25) is 0 Å². The van der Waals surface area contributed by atoms with Gasteiger partial charge in [0.05, 0.1) is 16.6 Å². The van der Waals surface area contributed by atoms with Crippen LogP contribution in [0.15, 0.2) is 72.8 Å². The lowest BCUT2D eigenvalue weighted by Crippen LogP contribution is -1.99. The molecule has 1 aromatic heterocycles. The number of aryl methyl sites for hydroxylation is 1. The zero-order valence-corrected chi connectivity index (χ0v) is 19.2. The number of benzene rings is 3. The average molecular weight is 463 g/mol. The molecule has 0 amide bonds. The van der Waals surface area contributed by atoms with Gasteiger partial charge in [0.25, 0.3) is 5.69 Å². The maximum Gasteiger partial charge on any atom is 0.269 e. The van der Waals surface area contributed by atoms with Crippen molar-refractivity contribution in [1.29, 1.82) is 5.26 Å². The Balaban J connectivity index is 1.45. The molecule has 35 heavy (non-hydrogen) atoms.